The van der Waals surface area contributed by atoms with E-state index in [2.05, 4.69) is 25.4 Å². The molecule has 2 aromatic heterocycles. The third-order valence-electron chi connectivity index (χ3n) is 3.84. The summed E-state index contributed by atoms with van der Waals surface area (Å²) in [4.78, 5) is 12.9. The van der Waals surface area contributed by atoms with Crippen molar-refractivity contribution in [3.05, 3.63) is 71.6 Å². The molecule has 1 N–H and O–H groups in total. The van der Waals surface area contributed by atoms with E-state index in [0.717, 1.165) is 16.8 Å². The van der Waals surface area contributed by atoms with E-state index >= 15 is 0 Å². The van der Waals surface area contributed by atoms with Gasteiger partial charge in [0, 0.05) is 22.5 Å². The van der Waals surface area contributed by atoms with Crippen LogP contribution >= 0.6 is 11.6 Å². The Hall–Kier alpha value is -3.25. The molecule has 0 saturated heterocycles. The molecule has 0 saturated carbocycles. The molecular formula is C19H14ClN5O. The van der Waals surface area contributed by atoms with Gasteiger partial charge in [-0.2, -0.15) is 4.98 Å². The Bertz CT molecular complexity index is 1050. The molecule has 0 aliphatic rings. The summed E-state index contributed by atoms with van der Waals surface area (Å²) >= 11 is 6.02. The molecule has 0 amide bonds. The zero-order chi connectivity index (χ0) is 17.9. The second-order valence-corrected chi connectivity index (χ2v) is 6.09. The summed E-state index contributed by atoms with van der Waals surface area (Å²) in [5.74, 6) is 1.44. The molecule has 26 heavy (non-hydrogen) atoms. The van der Waals surface area contributed by atoms with Gasteiger partial charge in [0.25, 0.3) is 5.89 Å². The normalized spacial score (nSPS) is 10.7. The lowest BCUT2D eigenvalue weighted by Crippen LogP contribution is -1.99. The molecule has 0 radical (unpaired) electrons. The second kappa shape index (κ2) is 6.93. The number of nitrogens with one attached hydrogen (secondary N) is 1. The summed E-state index contributed by atoms with van der Waals surface area (Å²) < 4.78 is 5.43. The number of benzene rings is 2. The number of anilines is 2. The van der Waals surface area contributed by atoms with Crippen molar-refractivity contribution in [3.63, 3.8) is 0 Å². The molecule has 7 heteroatoms. The van der Waals surface area contributed by atoms with Gasteiger partial charge >= 0.3 is 0 Å². The lowest BCUT2D eigenvalue weighted by Gasteiger charge is -2.10. The maximum atomic E-state index is 6.02. The maximum Gasteiger partial charge on any atom is 0.263 e. The average Bonchev–Trinajstić information content (AvgIpc) is 3.15. The Kier molecular flexibility index (Phi) is 4.33. The van der Waals surface area contributed by atoms with Gasteiger partial charge < -0.3 is 9.84 Å². The Balaban J connectivity index is 1.69. The van der Waals surface area contributed by atoms with Crippen LogP contribution in [-0.4, -0.2) is 20.1 Å². The number of nitrogens with zero attached hydrogens (tertiary/aromatic N) is 4. The number of aryl methyl sites for hydroxylation is 1. The van der Waals surface area contributed by atoms with E-state index in [-0.39, 0.29) is 0 Å². The van der Waals surface area contributed by atoms with Gasteiger partial charge in [-0.1, -0.05) is 47.1 Å². The SMILES string of the molecule is Cc1cc(Cl)ccc1Nc1ncncc1-c1nc(-c2ccccc2)no1. The van der Waals surface area contributed by atoms with Gasteiger partial charge in [0.05, 0.1) is 0 Å². The highest BCUT2D eigenvalue weighted by Gasteiger charge is 2.16. The van der Waals surface area contributed by atoms with Crippen molar-refractivity contribution in [2.24, 2.45) is 0 Å². The molecule has 4 aromatic rings. The third-order valence-corrected chi connectivity index (χ3v) is 4.08. The predicted octanol–water partition coefficient (Wildman–Crippen LogP) is 4.90. The van der Waals surface area contributed by atoms with Crippen LogP contribution in [0.2, 0.25) is 5.02 Å². The van der Waals surface area contributed by atoms with Crippen molar-refractivity contribution in [2.45, 2.75) is 6.92 Å². The molecule has 2 aromatic carbocycles. The Morgan fingerprint density at radius 1 is 1.08 bits per heavy atom. The minimum absolute atomic E-state index is 0.346. The quantitative estimate of drug-likeness (QED) is 0.555. The highest BCUT2D eigenvalue weighted by atomic mass is 35.5. The summed E-state index contributed by atoms with van der Waals surface area (Å²) in [6.45, 7) is 1.97. The monoisotopic (exact) mass is 363 g/mol. The molecule has 6 nitrogen and oxygen atoms in total. The molecular weight excluding hydrogens is 350 g/mol. The van der Waals surface area contributed by atoms with E-state index in [1.165, 1.54) is 6.33 Å². The first-order valence-electron chi connectivity index (χ1n) is 7.93. The topological polar surface area (TPSA) is 76.7 Å². The number of aromatic nitrogens is 4. The van der Waals surface area contributed by atoms with Crippen molar-refractivity contribution >= 4 is 23.1 Å². The van der Waals surface area contributed by atoms with E-state index in [4.69, 9.17) is 16.1 Å². The van der Waals surface area contributed by atoms with Crippen LogP contribution < -0.4 is 5.32 Å². The largest absolute Gasteiger partial charge is 0.339 e. The first-order valence-corrected chi connectivity index (χ1v) is 8.31. The fourth-order valence-electron chi connectivity index (χ4n) is 2.52. The summed E-state index contributed by atoms with van der Waals surface area (Å²) in [7, 11) is 0. The van der Waals surface area contributed by atoms with Crippen LogP contribution in [0.3, 0.4) is 0 Å². The van der Waals surface area contributed by atoms with E-state index in [0.29, 0.717) is 28.1 Å². The van der Waals surface area contributed by atoms with Gasteiger partial charge in [0.2, 0.25) is 5.82 Å². The number of hydrogen-bond donors (Lipinski definition) is 1. The van der Waals surface area contributed by atoms with Gasteiger partial charge in [-0.05, 0) is 30.7 Å². The molecule has 0 fully saturated rings. The van der Waals surface area contributed by atoms with Crippen molar-refractivity contribution in [1.82, 2.24) is 20.1 Å². The van der Waals surface area contributed by atoms with E-state index in [1.807, 2.05) is 55.5 Å². The Morgan fingerprint density at radius 2 is 1.92 bits per heavy atom. The van der Waals surface area contributed by atoms with E-state index < -0.39 is 0 Å². The minimum atomic E-state index is 0.346. The summed E-state index contributed by atoms with van der Waals surface area (Å²) in [5, 5.41) is 8.01. The lowest BCUT2D eigenvalue weighted by molar-refractivity contribution is 0.432. The first-order chi connectivity index (χ1) is 12.7. The summed E-state index contributed by atoms with van der Waals surface area (Å²) in [6, 6.07) is 15.2. The van der Waals surface area contributed by atoms with Gasteiger partial charge in [0.15, 0.2) is 0 Å². The van der Waals surface area contributed by atoms with Crippen molar-refractivity contribution in [2.75, 3.05) is 5.32 Å². The van der Waals surface area contributed by atoms with Crippen LogP contribution in [0, 0.1) is 6.92 Å². The standard InChI is InChI=1S/C19H14ClN5O/c1-12-9-14(20)7-8-16(12)23-18-15(10-21-11-22-18)19-24-17(25-26-19)13-5-3-2-4-6-13/h2-11H,1H3,(H,21,22,23). The van der Waals surface area contributed by atoms with Crippen LogP contribution in [0.4, 0.5) is 11.5 Å². The van der Waals surface area contributed by atoms with Crippen LogP contribution in [0.1, 0.15) is 5.56 Å². The van der Waals surface area contributed by atoms with Gasteiger partial charge in [-0.3, -0.25) is 0 Å². The molecule has 0 aliphatic heterocycles. The smallest absolute Gasteiger partial charge is 0.263 e. The molecule has 128 valence electrons. The number of rotatable bonds is 4. The molecule has 0 unspecified atom stereocenters. The van der Waals surface area contributed by atoms with Gasteiger partial charge in [-0.15, -0.1) is 0 Å². The van der Waals surface area contributed by atoms with Gasteiger partial charge in [0.1, 0.15) is 17.7 Å². The van der Waals surface area contributed by atoms with Crippen LogP contribution in [0.15, 0.2) is 65.6 Å². The van der Waals surface area contributed by atoms with Crippen LogP contribution in [-0.2, 0) is 0 Å². The summed E-state index contributed by atoms with van der Waals surface area (Å²) in [5.41, 5.74) is 3.38. The van der Waals surface area contributed by atoms with Crippen molar-refractivity contribution in [3.8, 4) is 22.8 Å². The predicted molar refractivity (Wildman–Crippen MR) is 100 cm³/mol. The Morgan fingerprint density at radius 3 is 2.73 bits per heavy atom. The third kappa shape index (κ3) is 3.27. The molecule has 0 bridgehead atoms. The highest BCUT2D eigenvalue weighted by Crippen LogP contribution is 2.30. The zero-order valence-electron chi connectivity index (χ0n) is 13.8. The second-order valence-electron chi connectivity index (χ2n) is 5.66. The van der Waals surface area contributed by atoms with Gasteiger partial charge in [-0.25, -0.2) is 9.97 Å². The first kappa shape index (κ1) is 16.2. The van der Waals surface area contributed by atoms with Crippen molar-refractivity contribution < 1.29 is 4.52 Å². The minimum Gasteiger partial charge on any atom is -0.339 e. The number of halogens is 1. The van der Waals surface area contributed by atoms with Crippen molar-refractivity contribution in [1.29, 1.82) is 0 Å². The van der Waals surface area contributed by atoms with Crippen LogP contribution in [0.5, 0.6) is 0 Å². The molecule has 0 spiro atoms. The Labute approximate surface area is 154 Å². The average molecular weight is 364 g/mol. The van der Waals surface area contributed by atoms with Crippen LogP contribution in [0.25, 0.3) is 22.8 Å². The fourth-order valence-corrected chi connectivity index (χ4v) is 2.74. The zero-order valence-corrected chi connectivity index (χ0v) is 14.6. The van der Waals surface area contributed by atoms with E-state index in [9.17, 15) is 0 Å². The number of hydrogen-bond acceptors (Lipinski definition) is 6. The molecule has 0 atom stereocenters. The summed E-state index contributed by atoms with van der Waals surface area (Å²) in [6.07, 6.45) is 3.11. The maximum absolute atomic E-state index is 6.02. The molecule has 0 aliphatic carbocycles. The molecule has 2 heterocycles. The van der Waals surface area contributed by atoms with E-state index in [1.54, 1.807) is 6.20 Å². The fraction of sp³-hybridized carbons (Fsp3) is 0.0526. The highest BCUT2D eigenvalue weighted by molar-refractivity contribution is 6.30. The molecule has 4 rings (SSSR count). The lowest BCUT2D eigenvalue weighted by atomic mass is 10.2.